The summed E-state index contributed by atoms with van der Waals surface area (Å²) in [6.07, 6.45) is 4.12. The zero-order chi connectivity index (χ0) is 14.1. The Morgan fingerprint density at radius 1 is 1.26 bits per heavy atom. The number of esters is 1. The Hall–Kier alpha value is -1.77. The molecule has 0 saturated heterocycles. The number of ether oxygens (including phenoxy) is 1. The molecule has 3 heteroatoms. The average Bonchev–Trinajstić information content (AvgIpc) is 2.45. The molecule has 0 N–H and O–H groups in total. The van der Waals surface area contributed by atoms with E-state index in [1.165, 1.54) is 11.8 Å². The molecule has 0 aliphatic rings. The summed E-state index contributed by atoms with van der Waals surface area (Å²) in [5.41, 5.74) is 2.19. The Balaban J connectivity index is 2.71. The van der Waals surface area contributed by atoms with Gasteiger partial charge in [0.2, 0.25) is 0 Å². The van der Waals surface area contributed by atoms with Crippen LogP contribution in [0, 0.1) is 0 Å². The van der Waals surface area contributed by atoms with Crippen LogP contribution >= 0.6 is 0 Å². The summed E-state index contributed by atoms with van der Waals surface area (Å²) < 4.78 is 5.00. The van der Waals surface area contributed by atoms with Gasteiger partial charge in [-0.1, -0.05) is 19.1 Å². The third kappa shape index (κ3) is 5.16. The Labute approximate surface area is 115 Å². The van der Waals surface area contributed by atoms with Gasteiger partial charge in [0.25, 0.3) is 0 Å². The van der Waals surface area contributed by atoms with Crippen molar-refractivity contribution in [2.45, 2.75) is 27.2 Å². The molecule has 0 bridgehead atoms. The molecule has 19 heavy (non-hydrogen) atoms. The van der Waals surface area contributed by atoms with Crippen molar-refractivity contribution in [1.29, 1.82) is 0 Å². The molecule has 0 unspecified atom stereocenters. The van der Waals surface area contributed by atoms with Crippen molar-refractivity contribution < 1.29 is 9.53 Å². The van der Waals surface area contributed by atoms with Crippen molar-refractivity contribution in [2.24, 2.45) is 0 Å². The van der Waals surface area contributed by atoms with E-state index in [9.17, 15) is 4.79 Å². The van der Waals surface area contributed by atoms with Crippen molar-refractivity contribution in [2.75, 3.05) is 24.6 Å². The zero-order valence-corrected chi connectivity index (χ0v) is 12.1. The van der Waals surface area contributed by atoms with Crippen LogP contribution in [0.5, 0.6) is 0 Å². The van der Waals surface area contributed by atoms with E-state index >= 15 is 0 Å². The highest BCUT2D eigenvalue weighted by Gasteiger charge is 2.01. The zero-order valence-electron chi connectivity index (χ0n) is 12.1. The number of hydrogen-bond acceptors (Lipinski definition) is 3. The van der Waals surface area contributed by atoms with Crippen molar-refractivity contribution in [3.05, 3.63) is 35.9 Å². The lowest BCUT2D eigenvalue weighted by molar-refractivity contribution is -0.137. The van der Waals surface area contributed by atoms with Gasteiger partial charge >= 0.3 is 5.97 Å². The molecule has 0 saturated carbocycles. The second-order valence-corrected chi connectivity index (χ2v) is 4.27. The summed E-state index contributed by atoms with van der Waals surface area (Å²) in [6, 6.07) is 8.15. The fraction of sp³-hybridized carbons (Fsp3) is 0.438. The third-order valence-corrected chi connectivity index (χ3v) is 2.86. The summed E-state index contributed by atoms with van der Waals surface area (Å²) in [5.74, 6) is -0.282. The molecular formula is C16H23NO2. The Morgan fingerprint density at radius 2 is 2.00 bits per heavy atom. The first-order valence-corrected chi connectivity index (χ1v) is 6.91. The molecule has 0 radical (unpaired) electrons. The summed E-state index contributed by atoms with van der Waals surface area (Å²) in [5, 5.41) is 0. The third-order valence-electron chi connectivity index (χ3n) is 2.86. The van der Waals surface area contributed by atoms with Crippen molar-refractivity contribution in [1.82, 2.24) is 0 Å². The molecule has 0 fully saturated rings. The van der Waals surface area contributed by atoms with Gasteiger partial charge in [-0.2, -0.15) is 0 Å². The number of rotatable bonds is 7. The molecule has 0 aromatic heterocycles. The van der Waals surface area contributed by atoms with E-state index in [4.69, 9.17) is 4.74 Å². The summed E-state index contributed by atoms with van der Waals surface area (Å²) >= 11 is 0. The summed E-state index contributed by atoms with van der Waals surface area (Å²) in [7, 11) is 0. The first-order chi connectivity index (χ1) is 9.21. The number of benzene rings is 1. The molecule has 3 nitrogen and oxygen atoms in total. The molecule has 104 valence electrons. The van der Waals surface area contributed by atoms with E-state index in [0.717, 1.165) is 25.1 Å². The highest BCUT2D eigenvalue weighted by atomic mass is 16.5. The van der Waals surface area contributed by atoms with Gasteiger partial charge in [-0.3, -0.25) is 0 Å². The van der Waals surface area contributed by atoms with Crippen LogP contribution in [0.15, 0.2) is 30.3 Å². The molecule has 0 aliphatic carbocycles. The second-order valence-electron chi connectivity index (χ2n) is 4.27. The lowest BCUT2D eigenvalue weighted by atomic mass is 10.1. The van der Waals surface area contributed by atoms with E-state index in [1.54, 1.807) is 6.08 Å². The molecule has 1 aromatic rings. The Bertz CT molecular complexity index is 423. The van der Waals surface area contributed by atoms with Crippen LogP contribution in [0.25, 0.3) is 6.08 Å². The Kier molecular flexibility index (Phi) is 6.72. The number of carbonyl (C=O) groups excluding carboxylic acids is 1. The number of hydrogen-bond donors (Lipinski definition) is 0. The Morgan fingerprint density at radius 3 is 2.63 bits per heavy atom. The minimum atomic E-state index is -0.282. The summed E-state index contributed by atoms with van der Waals surface area (Å²) in [4.78, 5) is 13.7. The molecule has 0 amide bonds. The van der Waals surface area contributed by atoms with Crippen LogP contribution in [0.3, 0.4) is 0 Å². The first kappa shape index (κ1) is 15.3. The number of carbonyl (C=O) groups is 1. The van der Waals surface area contributed by atoms with Crippen LogP contribution < -0.4 is 4.90 Å². The number of anilines is 1. The molecule has 1 aromatic carbocycles. The van der Waals surface area contributed by atoms with E-state index in [0.29, 0.717) is 6.61 Å². The SMILES string of the molecule is CCCOC(=O)/C=C/c1cccc(N(CC)CC)c1. The van der Waals surface area contributed by atoms with Gasteiger partial charge in [0.05, 0.1) is 6.61 Å². The van der Waals surface area contributed by atoms with Crippen molar-refractivity contribution >= 4 is 17.7 Å². The average molecular weight is 261 g/mol. The molecule has 0 spiro atoms. The topological polar surface area (TPSA) is 29.5 Å². The highest BCUT2D eigenvalue weighted by molar-refractivity contribution is 5.87. The lowest BCUT2D eigenvalue weighted by Crippen LogP contribution is -2.21. The van der Waals surface area contributed by atoms with Gasteiger partial charge in [0.1, 0.15) is 0 Å². The minimum Gasteiger partial charge on any atom is -0.463 e. The first-order valence-electron chi connectivity index (χ1n) is 6.91. The fourth-order valence-electron chi connectivity index (χ4n) is 1.83. The van der Waals surface area contributed by atoms with Crippen LogP contribution in [-0.4, -0.2) is 25.7 Å². The predicted molar refractivity (Wildman–Crippen MR) is 80.3 cm³/mol. The van der Waals surface area contributed by atoms with Crippen molar-refractivity contribution in [3.8, 4) is 0 Å². The maximum Gasteiger partial charge on any atom is 0.330 e. The van der Waals surface area contributed by atoms with E-state index < -0.39 is 0 Å². The molecular weight excluding hydrogens is 238 g/mol. The van der Waals surface area contributed by atoms with Gasteiger partial charge in [0.15, 0.2) is 0 Å². The molecule has 0 heterocycles. The van der Waals surface area contributed by atoms with Crippen LogP contribution in [0.1, 0.15) is 32.8 Å². The van der Waals surface area contributed by atoms with Crippen LogP contribution in [-0.2, 0) is 9.53 Å². The van der Waals surface area contributed by atoms with Crippen molar-refractivity contribution in [3.63, 3.8) is 0 Å². The molecule has 1 rings (SSSR count). The van der Waals surface area contributed by atoms with E-state index in [1.807, 2.05) is 19.1 Å². The maximum atomic E-state index is 11.4. The largest absolute Gasteiger partial charge is 0.463 e. The fourth-order valence-corrected chi connectivity index (χ4v) is 1.83. The smallest absolute Gasteiger partial charge is 0.330 e. The summed E-state index contributed by atoms with van der Waals surface area (Å²) in [6.45, 7) is 8.67. The molecule has 0 atom stereocenters. The van der Waals surface area contributed by atoms with Gasteiger partial charge < -0.3 is 9.64 Å². The van der Waals surface area contributed by atoms with Gasteiger partial charge in [-0.15, -0.1) is 0 Å². The van der Waals surface area contributed by atoms with E-state index in [2.05, 4.69) is 30.9 Å². The standard InChI is InChI=1S/C16H23NO2/c1-4-12-19-16(18)11-10-14-8-7-9-15(13-14)17(5-2)6-3/h7-11,13H,4-6,12H2,1-3H3/b11-10+. The van der Waals surface area contributed by atoms with Gasteiger partial charge in [0, 0.05) is 24.9 Å². The predicted octanol–water partition coefficient (Wildman–Crippen LogP) is 3.50. The van der Waals surface area contributed by atoms with E-state index in [-0.39, 0.29) is 5.97 Å². The normalized spacial score (nSPS) is 10.7. The van der Waals surface area contributed by atoms with Crippen LogP contribution in [0.2, 0.25) is 0 Å². The monoisotopic (exact) mass is 261 g/mol. The number of nitrogens with zero attached hydrogens (tertiary/aromatic N) is 1. The highest BCUT2D eigenvalue weighted by Crippen LogP contribution is 2.16. The maximum absolute atomic E-state index is 11.4. The lowest BCUT2D eigenvalue weighted by Gasteiger charge is -2.21. The quantitative estimate of drug-likeness (QED) is 0.556. The van der Waals surface area contributed by atoms with Crippen LogP contribution in [0.4, 0.5) is 5.69 Å². The second kappa shape index (κ2) is 8.35. The minimum absolute atomic E-state index is 0.282. The van der Waals surface area contributed by atoms with Gasteiger partial charge in [-0.05, 0) is 44.0 Å². The molecule has 0 aliphatic heterocycles. The van der Waals surface area contributed by atoms with Gasteiger partial charge in [-0.25, -0.2) is 4.79 Å².